The molecule has 0 amide bonds. The average molecular weight is 883 g/mol. The molecule has 25 heteroatoms. The molecule has 0 aromatic carbocycles. The largest absolute Gasteiger partial charge is 0.463 e. The van der Waals surface area contributed by atoms with E-state index in [1.54, 1.807) is 0 Å². The van der Waals surface area contributed by atoms with Gasteiger partial charge in [0.15, 0.2) is 55.5 Å². The van der Waals surface area contributed by atoms with Gasteiger partial charge in [-0.2, -0.15) is 0 Å². The quantitative estimate of drug-likeness (QED) is 0.120. The van der Waals surface area contributed by atoms with E-state index in [-0.39, 0.29) is 0 Å². The third kappa shape index (κ3) is 14.8. The van der Waals surface area contributed by atoms with E-state index < -0.39 is 166 Å². The summed E-state index contributed by atoms with van der Waals surface area (Å²) in [6.07, 6.45) is -27.1. The molecule has 0 aromatic heterocycles. The first-order valence-corrected chi connectivity index (χ1v) is 18.6. The van der Waals surface area contributed by atoms with Crippen LogP contribution in [-0.4, -0.2) is 176 Å². The Balaban J connectivity index is 2.24. The van der Waals surface area contributed by atoms with Crippen molar-refractivity contribution >= 4 is 53.7 Å². The number of carbonyl (C=O) groups excluding carboxylic acids is 9. The smallest absolute Gasteiger partial charge is 0.303 e. The van der Waals surface area contributed by atoms with Crippen molar-refractivity contribution in [3.63, 3.8) is 0 Å². The van der Waals surface area contributed by atoms with Crippen LogP contribution in [0, 0.1) is 0 Å². The predicted octanol–water partition coefficient (Wildman–Crippen LogP) is -2.44. The van der Waals surface area contributed by atoms with Crippen LogP contribution in [0.25, 0.3) is 0 Å². The van der Waals surface area contributed by atoms with Gasteiger partial charge in [-0.15, -0.1) is 0 Å². The van der Waals surface area contributed by atoms with Crippen LogP contribution in [0.3, 0.4) is 0 Å². The molecular formula is C36H50O25. The van der Waals surface area contributed by atoms with Crippen molar-refractivity contribution in [1.82, 2.24) is 0 Å². The summed E-state index contributed by atoms with van der Waals surface area (Å²) in [6.45, 7) is 6.79. The molecule has 2 N–H and O–H groups in total. The van der Waals surface area contributed by atoms with E-state index in [1.165, 1.54) is 0 Å². The lowest BCUT2D eigenvalue weighted by molar-refractivity contribution is -0.378. The molecule has 6 unspecified atom stereocenters. The highest BCUT2D eigenvalue weighted by Crippen LogP contribution is 2.37. The molecular weight excluding hydrogens is 832 g/mol. The Morgan fingerprint density at radius 2 is 0.639 bits per heavy atom. The van der Waals surface area contributed by atoms with Crippen LogP contribution in [0.4, 0.5) is 0 Å². The summed E-state index contributed by atoms with van der Waals surface area (Å²) < 4.78 is 78.3. The minimum Gasteiger partial charge on any atom is -0.463 e. The first-order chi connectivity index (χ1) is 28.5. The molecule has 3 rings (SSSR count). The average Bonchev–Trinajstić information content (AvgIpc) is 3.12. The van der Waals surface area contributed by atoms with Gasteiger partial charge in [-0.1, -0.05) is 0 Å². The Kier molecular flexibility index (Phi) is 18.7. The van der Waals surface area contributed by atoms with Gasteiger partial charge in [0.2, 0.25) is 0 Å². The number of carbonyl (C=O) groups is 9. The topological polar surface area (TPSA) is 323 Å². The summed E-state index contributed by atoms with van der Waals surface area (Å²) in [5, 5.41) is 21.3. The molecule has 0 bridgehead atoms. The fourth-order valence-electron chi connectivity index (χ4n) is 6.47. The monoisotopic (exact) mass is 882 g/mol. The van der Waals surface area contributed by atoms with Crippen molar-refractivity contribution in [2.24, 2.45) is 0 Å². The molecule has 3 fully saturated rings. The second-order valence-corrected chi connectivity index (χ2v) is 13.7. The molecule has 0 saturated carbocycles. The van der Waals surface area contributed by atoms with Gasteiger partial charge in [0.25, 0.3) is 0 Å². The summed E-state index contributed by atoms with van der Waals surface area (Å²) in [5.41, 5.74) is 0. The van der Waals surface area contributed by atoms with E-state index in [4.69, 9.17) is 66.3 Å². The van der Waals surface area contributed by atoms with E-state index in [9.17, 15) is 53.4 Å². The third-order valence-electron chi connectivity index (χ3n) is 8.56. The van der Waals surface area contributed by atoms with Gasteiger partial charge in [-0.25, -0.2) is 0 Å². The van der Waals surface area contributed by atoms with Crippen molar-refractivity contribution in [1.29, 1.82) is 0 Å². The lowest BCUT2D eigenvalue weighted by Crippen LogP contribution is -2.68. The van der Waals surface area contributed by atoms with Crippen LogP contribution in [0.2, 0.25) is 0 Å². The summed E-state index contributed by atoms with van der Waals surface area (Å²) in [7, 11) is 0. The SMILES string of the molecule is CC(=O)OCC1O[C@@H](O[C@H]2C(COC(C)=O)O[C@@H](O[C@H]3C(COC(C)=O)O[C@@H](O)C(O)[C@H]3OC(C)=O)C(OC(C)=O)[C@H]2OC(C)=O)C(OC(C)=O)[C@@H](OC(C)=O)[C@H]1OC(C)=O. The zero-order chi connectivity index (χ0) is 45.9. The predicted molar refractivity (Wildman–Crippen MR) is 187 cm³/mol. The number of hydrogen-bond donors (Lipinski definition) is 2. The summed E-state index contributed by atoms with van der Waals surface area (Å²) in [5.74, 6) is -8.52. The van der Waals surface area contributed by atoms with Crippen molar-refractivity contribution in [3.05, 3.63) is 0 Å². The normalized spacial score (nSPS) is 33.4. The van der Waals surface area contributed by atoms with Crippen LogP contribution in [-0.2, 0) is 109 Å². The van der Waals surface area contributed by atoms with E-state index in [0.717, 1.165) is 62.3 Å². The highest BCUT2D eigenvalue weighted by molar-refractivity contribution is 5.70. The summed E-state index contributed by atoms with van der Waals surface area (Å²) >= 11 is 0. The zero-order valence-electron chi connectivity index (χ0n) is 34.6. The van der Waals surface area contributed by atoms with Gasteiger partial charge in [0, 0.05) is 62.3 Å². The molecule has 25 nitrogen and oxygen atoms in total. The van der Waals surface area contributed by atoms with Crippen molar-refractivity contribution in [2.75, 3.05) is 19.8 Å². The maximum atomic E-state index is 12.8. The molecule has 344 valence electrons. The van der Waals surface area contributed by atoms with Crippen LogP contribution in [0.15, 0.2) is 0 Å². The standard InChI is InChI=1S/C36H50O25/c1-13(37)48-10-22-26(29(52-17(5)41)25(46)34(47)57-22)60-35-33(56-21(9)45)31(54-19(7)43)28(24(59-35)12-50-15(3)39)61-36-32(55-20(8)44)30(53-18(6)42)27(51-16(4)40)23(58-36)11-49-14(2)38/h22-36,46-47H,10-12H2,1-9H3/t22?,23?,24?,25?,26-,27-,28-,29+,30-,31-,32?,33?,34+,35-,36-/m0/s1. The van der Waals surface area contributed by atoms with Crippen molar-refractivity contribution in [3.8, 4) is 0 Å². The molecule has 0 radical (unpaired) electrons. The number of rotatable bonds is 16. The molecule has 61 heavy (non-hydrogen) atoms. The van der Waals surface area contributed by atoms with Crippen LogP contribution in [0.5, 0.6) is 0 Å². The van der Waals surface area contributed by atoms with E-state index in [2.05, 4.69) is 0 Å². The highest BCUT2D eigenvalue weighted by Gasteiger charge is 2.59. The lowest BCUT2D eigenvalue weighted by atomic mass is 9.95. The van der Waals surface area contributed by atoms with Gasteiger partial charge >= 0.3 is 53.7 Å². The minimum atomic E-state index is -2.02. The molecule has 15 atom stereocenters. The van der Waals surface area contributed by atoms with Gasteiger partial charge in [0.05, 0.1) is 0 Å². The molecule has 3 aliphatic rings. The van der Waals surface area contributed by atoms with Crippen LogP contribution in [0.1, 0.15) is 62.3 Å². The fourth-order valence-corrected chi connectivity index (χ4v) is 6.47. The van der Waals surface area contributed by atoms with Crippen molar-refractivity contribution in [2.45, 2.75) is 154 Å². The molecule has 3 aliphatic heterocycles. The number of ether oxygens (including phenoxy) is 14. The van der Waals surface area contributed by atoms with Crippen LogP contribution >= 0.6 is 0 Å². The maximum absolute atomic E-state index is 12.8. The Morgan fingerprint density at radius 3 is 1.00 bits per heavy atom. The van der Waals surface area contributed by atoms with Gasteiger partial charge < -0.3 is 76.5 Å². The Bertz CT molecular complexity index is 1610. The Morgan fingerprint density at radius 1 is 0.361 bits per heavy atom. The second-order valence-electron chi connectivity index (χ2n) is 13.7. The number of aliphatic hydroxyl groups is 2. The second kappa shape index (κ2) is 22.7. The van der Waals surface area contributed by atoms with Crippen LogP contribution < -0.4 is 0 Å². The third-order valence-corrected chi connectivity index (χ3v) is 8.56. The van der Waals surface area contributed by atoms with E-state index >= 15 is 0 Å². The fraction of sp³-hybridized carbons (Fsp3) is 0.750. The molecule has 3 heterocycles. The maximum Gasteiger partial charge on any atom is 0.303 e. The highest BCUT2D eigenvalue weighted by atomic mass is 16.8. The van der Waals surface area contributed by atoms with Gasteiger partial charge in [0.1, 0.15) is 56.4 Å². The summed E-state index contributed by atoms with van der Waals surface area (Å²) in [4.78, 5) is 111. The lowest BCUT2D eigenvalue weighted by Gasteiger charge is -2.50. The number of hydrogen-bond acceptors (Lipinski definition) is 25. The Hall–Kier alpha value is -5.05. The van der Waals surface area contributed by atoms with Gasteiger partial charge in [-0.05, 0) is 0 Å². The van der Waals surface area contributed by atoms with Crippen molar-refractivity contribution < 1.29 is 120 Å². The molecule has 0 aliphatic carbocycles. The molecule has 0 spiro atoms. The first-order valence-electron chi connectivity index (χ1n) is 18.6. The number of esters is 9. The summed E-state index contributed by atoms with van der Waals surface area (Å²) in [6, 6.07) is 0. The number of aliphatic hydroxyl groups excluding tert-OH is 2. The minimum absolute atomic E-state index is 0.670. The molecule has 0 aromatic rings. The van der Waals surface area contributed by atoms with Gasteiger partial charge in [-0.3, -0.25) is 43.2 Å². The molecule has 3 saturated heterocycles. The van der Waals surface area contributed by atoms with E-state index in [1.807, 2.05) is 0 Å². The first kappa shape index (κ1) is 50.3. The Labute approximate surface area is 347 Å². The zero-order valence-corrected chi connectivity index (χ0v) is 34.6. The van der Waals surface area contributed by atoms with E-state index in [0.29, 0.717) is 0 Å².